The number of amides is 1. The van der Waals surface area contributed by atoms with Crippen molar-refractivity contribution < 1.29 is 18.3 Å². The van der Waals surface area contributed by atoms with Gasteiger partial charge in [0.2, 0.25) is 10.0 Å². The van der Waals surface area contributed by atoms with Crippen molar-refractivity contribution >= 4 is 15.9 Å². The lowest BCUT2D eigenvalue weighted by molar-refractivity contribution is 0.0738. The van der Waals surface area contributed by atoms with Crippen LogP contribution in [0, 0.1) is 5.92 Å². The molecule has 1 aromatic rings. The molecule has 1 heterocycles. The van der Waals surface area contributed by atoms with Crippen molar-refractivity contribution in [3.05, 3.63) is 29.8 Å². The van der Waals surface area contributed by atoms with E-state index < -0.39 is 16.1 Å². The lowest BCUT2D eigenvalue weighted by atomic mass is 9.85. The maximum Gasteiger partial charge on any atom is 0.251 e. The van der Waals surface area contributed by atoms with E-state index >= 15 is 0 Å². The van der Waals surface area contributed by atoms with Crippen LogP contribution >= 0.6 is 0 Å². The monoisotopic (exact) mass is 380 g/mol. The highest BCUT2D eigenvalue weighted by Gasteiger charge is 2.27. The minimum atomic E-state index is -3.46. The van der Waals surface area contributed by atoms with Gasteiger partial charge < -0.3 is 10.4 Å². The number of rotatable bonds is 6. The zero-order valence-electron chi connectivity index (χ0n) is 15.1. The molecule has 2 fully saturated rings. The molecule has 7 heteroatoms. The topological polar surface area (TPSA) is 86.7 Å². The summed E-state index contributed by atoms with van der Waals surface area (Å²) in [4.78, 5) is 12.5. The summed E-state index contributed by atoms with van der Waals surface area (Å²) in [5.41, 5.74) is 0.404. The van der Waals surface area contributed by atoms with Gasteiger partial charge in [-0.1, -0.05) is 19.3 Å². The first-order chi connectivity index (χ1) is 12.5. The standard InChI is InChI=1S/C19H28N2O4S/c22-18(15-6-2-1-3-7-15)14-20-19(23)16-8-10-17(11-9-16)26(24,25)21-12-4-5-13-21/h8-11,15,18,22H,1-7,12-14H2,(H,20,23). The van der Waals surface area contributed by atoms with Crippen molar-refractivity contribution in [3.8, 4) is 0 Å². The van der Waals surface area contributed by atoms with Crippen LogP contribution in [0.15, 0.2) is 29.2 Å². The van der Waals surface area contributed by atoms with Crippen molar-refractivity contribution in [1.82, 2.24) is 9.62 Å². The van der Waals surface area contributed by atoms with Gasteiger partial charge in [-0.05, 0) is 55.9 Å². The second-order valence-corrected chi connectivity index (χ2v) is 9.25. The Hall–Kier alpha value is -1.44. The molecule has 0 spiro atoms. The second kappa shape index (κ2) is 8.50. The van der Waals surface area contributed by atoms with Gasteiger partial charge in [-0.25, -0.2) is 8.42 Å². The number of nitrogens with zero attached hydrogens (tertiary/aromatic N) is 1. The first-order valence-corrected chi connectivity index (χ1v) is 11.0. The molecule has 1 aromatic carbocycles. The van der Waals surface area contributed by atoms with Gasteiger partial charge in [0.1, 0.15) is 0 Å². The fourth-order valence-electron chi connectivity index (χ4n) is 3.84. The molecule has 1 aliphatic heterocycles. The summed E-state index contributed by atoms with van der Waals surface area (Å²) in [5, 5.41) is 13.0. The zero-order valence-corrected chi connectivity index (χ0v) is 15.9. The molecule has 2 N–H and O–H groups in total. The minimum absolute atomic E-state index is 0.221. The number of aliphatic hydroxyl groups is 1. The van der Waals surface area contributed by atoms with Gasteiger partial charge in [0.25, 0.3) is 5.91 Å². The molecule has 1 amide bonds. The SMILES string of the molecule is O=C(NCC(O)C1CCCCC1)c1ccc(S(=O)(=O)N2CCCC2)cc1. The van der Waals surface area contributed by atoms with Crippen LogP contribution in [0.25, 0.3) is 0 Å². The Morgan fingerprint density at radius 2 is 1.69 bits per heavy atom. The molecule has 1 aliphatic carbocycles. The molecule has 1 unspecified atom stereocenters. The molecule has 0 bridgehead atoms. The molecular weight excluding hydrogens is 352 g/mol. The highest BCUT2D eigenvalue weighted by Crippen LogP contribution is 2.26. The largest absolute Gasteiger partial charge is 0.391 e. The average Bonchev–Trinajstić information content (AvgIpc) is 3.22. The van der Waals surface area contributed by atoms with Gasteiger partial charge in [-0.15, -0.1) is 0 Å². The van der Waals surface area contributed by atoms with E-state index in [2.05, 4.69) is 5.32 Å². The number of nitrogens with one attached hydrogen (secondary N) is 1. The molecule has 2 aliphatic rings. The van der Waals surface area contributed by atoms with E-state index in [1.54, 1.807) is 0 Å². The van der Waals surface area contributed by atoms with E-state index in [1.165, 1.54) is 35.0 Å². The fourth-order valence-corrected chi connectivity index (χ4v) is 5.36. The van der Waals surface area contributed by atoms with Crippen molar-refractivity contribution in [3.63, 3.8) is 0 Å². The van der Waals surface area contributed by atoms with Gasteiger partial charge in [0.15, 0.2) is 0 Å². The molecule has 1 atom stereocenters. The molecule has 1 saturated carbocycles. The number of sulfonamides is 1. The van der Waals surface area contributed by atoms with Gasteiger partial charge in [-0.3, -0.25) is 4.79 Å². The minimum Gasteiger partial charge on any atom is -0.391 e. The number of hydrogen-bond acceptors (Lipinski definition) is 4. The lowest BCUT2D eigenvalue weighted by Crippen LogP contribution is -2.37. The van der Waals surface area contributed by atoms with Crippen molar-refractivity contribution in [2.45, 2.75) is 55.9 Å². The summed E-state index contributed by atoms with van der Waals surface area (Å²) in [6.45, 7) is 1.35. The number of carbonyl (C=O) groups excluding carboxylic acids is 1. The van der Waals surface area contributed by atoms with Crippen LogP contribution in [-0.2, 0) is 10.0 Å². The Bertz CT molecular complexity index is 706. The van der Waals surface area contributed by atoms with Crippen LogP contribution in [0.3, 0.4) is 0 Å². The quantitative estimate of drug-likeness (QED) is 0.792. The smallest absolute Gasteiger partial charge is 0.251 e. The third kappa shape index (κ3) is 4.45. The Kier molecular flexibility index (Phi) is 6.32. The van der Waals surface area contributed by atoms with E-state index in [9.17, 15) is 18.3 Å². The highest BCUT2D eigenvalue weighted by molar-refractivity contribution is 7.89. The third-order valence-corrected chi connectivity index (χ3v) is 7.40. The van der Waals surface area contributed by atoms with Gasteiger partial charge in [0, 0.05) is 25.2 Å². The van der Waals surface area contributed by atoms with Gasteiger partial charge in [0.05, 0.1) is 11.0 Å². The molecule has 1 saturated heterocycles. The van der Waals surface area contributed by atoms with E-state index in [0.717, 1.165) is 38.5 Å². The Morgan fingerprint density at radius 3 is 2.31 bits per heavy atom. The van der Waals surface area contributed by atoms with Crippen molar-refractivity contribution in [2.75, 3.05) is 19.6 Å². The second-order valence-electron chi connectivity index (χ2n) is 7.31. The predicted molar refractivity (Wildman–Crippen MR) is 99.3 cm³/mol. The molecule has 26 heavy (non-hydrogen) atoms. The first kappa shape index (κ1) is 19.3. The Balaban J connectivity index is 1.56. The summed E-state index contributed by atoms with van der Waals surface area (Å²) in [6, 6.07) is 6.04. The van der Waals surface area contributed by atoms with Crippen molar-refractivity contribution in [2.24, 2.45) is 5.92 Å². The number of carbonyl (C=O) groups is 1. The fraction of sp³-hybridized carbons (Fsp3) is 0.632. The molecule has 0 aromatic heterocycles. The normalized spacial score (nSPS) is 20.8. The summed E-state index contributed by atoms with van der Waals surface area (Å²) in [7, 11) is -3.46. The highest BCUT2D eigenvalue weighted by atomic mass is 32.2. The van der Waals surface area contributed by atoms with Gasteiger partial charge >= 0.3 is 0 Å². The van der Waals surface area contributed by atoms with Crippen molar-refractivity contribution in [1.29, 1.82) is 0 Å². The summed E-state index contributed by atoms with van der Waals surface area (Å²) >= 11 is 0. The Labute approximate surface area is 155 Å². The van der Waals surface area contributed by atoms with E-state index in [4.69, 9.17) is 0 Å². The average molecular weight is 381 g/mol. The maximum absolute atomic E-state index is 12.5. The molecule has 3 rings (SSSR count). The van der Waals surface area contributed by atoms with E-state index in [-0.39, 0.29) is 23.3 Å². The lowest BCUT2D eigenvalue weighted by Gasteiger charge is -2.26. The molecule has 6 nitrogen and oxygen atoms in total. The zero-order chi connectivity index (χ0) is 18.6. The maximum atomic E-state index is 12.5. The van der Waals surface area contributed by atoms with Crippen LogP contribution in [-0.4, -0.2) is 49.5 Å². The van der Waals surface area contributed by atoms with Gasteiger partial charge in [-0.2, -0.15) is 4.31 Å². The summed E-state index contributed by atoms with van der Waals surface area (Å²) in [6.07, 6.45) is 6.80. The van der Waals surface area contributed by atoms with Crippen LogP contribution < -0.4 is 5.32 Å². The molecular formula is C19H28N2O4S. The van der Waals surface area contributed by atoms with E-state index in [1.807, 2.05) is 0 Å². The number of aliphatic hydroxyl groups excluding tert-OH is 1. The predicted octanol–water partition coefficient (Wildman–Crippen LogP) is 2.14. The summed E-state index contributed by atoms with van der Waals surface area (Å²) in [5.74, 6) is -0.0259. The number of benzene rings is 1. The number of hydrogen-bond donors (Lipinski definition) is 2. The first-order valence-electron chi connectivity index (χ1n) is 9.55. The van der Waals surface area contributed by atoms with Crippen LogP contribution in [0.2, 0.25) is 0 Å². The van der Waals surface area contributed by atoms with E-state index in [0.29, 0.717) is 18.7 Å². The van der Waals surface area contributed by atoms with Crippen LogP contribution in [0.5, 0.6) is 0 Å². The van der Waals surface area contributed by atoms with Crippen LogP contribution in [0.4, 0.5) is 0 Å². The Morgan fingerprint density at radius 1 is 1.08 bits per heavy atom. The summed E-state index contributed by atoms with van der Waals surface area (Å²) < 4.78 is 26.5. The third-order valence-electron chi connectivity index (χ3n) is 5.49. The molecule has 144 valence electrons. The van der Waals surface area contributed by atoms with Crippen LogP contribution in [0.1, 0.15) is 55.3 Å². The molecule has 0 radical (unpaired) electrons.